The molecule has 0 aromatic heterocycles. The summed E-state index contributed by atoms with van der Waals surface area (Å²) in [7, 11) is 2.50. The third-order valence-electron chi connectivity index (χ3n) is 3.97. The van der Waals surface area contributed by atoms with Crippen LogP contribution < -0.4 is 5.32 Å². The molecule has 1 amide bonds. The number of hydrogen-bond acceptors (Lipinski definition) is 5. The quantitative estimate of drug-likeness (QED) is 0.677. The number of benzene rings is 2. The topological polar surface area (TPSA) is 81.7 Å². The van der Waals surface area contributed by atoms with Crippen molar-refractivity contribution in [3.8, 4) is 11.1 Å². The number of amides is 1. The molecule has 7 heteroatoms. The van der Waals surface area contributed by atoms with Crippen LogP contribution in [-0.2, 0) is 19.1 Å². The summed E-state index contributed by atoms with van der Waals surface area (Å²) in [4.78, 5) is 36.2. The van der Waals surface area contributed by atoms with E-state index in [1.54, 1.807) is 12.1 Å². The third kappa shape index (κ3) is 5.65. The van der Waals surface area contributed by atoms with E-state index < -0.39 is 23.9 Å². The summed E-state index contributed by atoms with van der Waals surface area (Å²) in [5.41, 5.74) is 2.00. The highest BCUT2D eigenvalue weighted by Gasteiger charge is 2.24. The maximum absolute atomic E-state index is 12.8. The molecule has 0 saturated heterocycles. The molecular weight excluding hydrogens is 414 g/mol. The van der Waals surface area contributed by atoms with Crippen LogP contribution in [-0.4, -0.2) is 38.1 Å². The van der Waals surface area contributed by atoms with Crippen molar-refractivity contribution in [1.29, 1.82) is 0 Å². The number of methoxy groups -OCH3 is 2. The van der Waals surface area contributed by atoms with Crippen LogP contribution in [0.4, 0.5) is 0 Å². The number of ether oxygens (including phenoxy) is 2. The monoisotopic (exact) mass is 433 g/mol. The fourth-order valence-electron chi connectivity index (χ4n) is 2.56. The van der Waals surface area contributed by atoms with Gasteiger partial charge in [-0.3, -0.25) is 9.59 Å². The molecule has 2 aromatic carbocycles. The second-order valence-electron chi connectivity index (χ2n) is 5.72. The van der Waals surface area contributed by atoms with Crippen LogP contribution >= 0.6 is 15.9 Å². The number of hydrogen-bond donors (Lipinski definition) is 1. The van der Waals surface area contributed by atoms with Crippen LogP contribution in [0.3, 0.4) is 0 Å². The van der Waals surface area contributed by atoms with Crippen molar-refractivity contribution in [1.82, 2.24) is 5.32 Å². The lowest BCUT2D eigenvalue weighted by Gasteiger charge is -2.17. The van der Waals surface area contributed by atoms with Gasteiger partial charge in [0.15, 0.2) is 0 Å². The maximum Gasteiger partial charge on any atom is 0.328 e. The fourth-order valence-corrected chi connectivity index (χ4v) is 2.92. The van der Waals surface area contributed by atoms with Crippen molar-refractivity contribution in [3.05, 3.63) is 58.6 Å². The molecular formula is C20H20BrNO5. The van der Waals surface area contributed by atoms with Gasteiger partial charge in [0.1, 0.15) is 6.04 Å². The minimum atomic E-state index is -0.950. The first-order valence-electron chi connectivity index (χ1n) is 8.26. The van der Waals surface area contributed by atoms with Crippen molar-refractivity contribution in [2.24, 2.45) is 0 Å². The van der Waals surface area contributed by atoms with Gasteiger partial charge in [-0.15, -0.1) is 0 Å². The Kier molecular flexibility index (Phi) is 7.55. The predicted molar refractivity (Wildman–Crippen MR) is 104 cm³/mol. The van der Waals surface area contributed by atoms with Crippen LogP contribution in [0.25, 0.3) is 11.1 Å². The highest BCUT2D eigenvalue weighted by molar-refractivity contribution is 9.10. The van der Waals surface area contributed by atoms with Gasteiger partial charge in [0.05, 0.1) is 14.2 Å². The molecule has 0 aliphatic heterocycles. The molecule has 0 heterocycles. The summed E-state index contributed by atoms with van der Waals surface area (Å²) >= 11 is 3.42. The molecule has 2 rings (SSSR count). The Balaban J connectivity index is 2.27. The van der Waals surface area contributed by atoms with E-state index in [4.69, 9.17) is 4.74 Å². The first-order chi connectivity index (χ1) is 13.0. The van der Waals surface area contributed by atoms with Crippen molar-refractivity contribution >= 4 is 33.8 Å². The molecule has 0 unspecified atom stereocenters. The van der Waals surface area contributed by atoms with E-state index in [0.29, 0.717) is 5.56 Å². The van der Waals surface area contributed by atoms with Gasteiger partial charge >= 0.3 is 11.9 Å². The Morgan fingerprint density at radius 3 is 2.37 bits per heavy atom. The van der Waals surface area contributed by atoms with Crippen LogP contribution in [0.2, 0.25) is 0 Å². The molecule has 142 valence electrons. The van der Waals surface area contributed by atoms with Gasteiger partial charge in [-0.2, -0.15) is 0 Å². The first-order valence-corrected chi connectivity index (χ1v) is 9.06. The van der Waals surface area contributed by atoms with E-state index in [0.717, 1.165) is 15.6 Å². The summed E-state index contributed by atoms with van der Waals surface area (Å²) in [6, 6.07) is 13.8. The highest BCUT2D eigenvalue weighted by Crippen LogP contribution is 2.27. The van der Waals surface area contributed by atoms with Gasteiger partial charge < -0.3 is 14.8 Å². The van der Waals surface area contributed by atoms with Crippen LogP contribution in [0.15, 0.2) is 53.0 Å². The summed E-state index contributed by atoms with van der Waals surface area (Å²) in [6.07, 6.45) is 0.0741. The average Bonchev–Trinajstić information content (AvgIpc) is 2.70. The van der Waals surface area contributed by atoms with Crippen molar-refractivity contribution in [2.45, 2.75) is 18.9 Å². The molecule has 27 heavy (non-hydrogen) atoms. The van der Waals surface area contributed by atoms with E-state index in [1.165, 1.54) is 14.2 Å². The standard InChI is InChI=1S/C20H20BrNO5/c1-26-18(23)11-10-17(20(25)27-2)22-19(24)15-9-8-14(21)12-16(15)13-6-4-3-5-7-13/h3-9,12,17H,10-11H2,1-2H3,(H,22,24)/t17-/m0/s1. The summed E-state index contributed by atoms with van der Waals surface area (Å²) in [6.45, 7) is 0. The zero-order valence-electron chi connectivity index (χ0n) is 15.0. The molecule has 2 aromatic rings. The van der Waals surface area contributed by atoms with Crippen LogP contribution in [0.5, 0.6) is 0 Å². The molecule has 0 spiro atoms. The highest BCUT2D eigenvalue weighted by atomic mass is 79.9. The smallest absolute Gasteiger partial charge is 0.328 e. The van der Waals surface area contributed by atoms with E-state index in [-0.39, 0.29) is 12.8 Å². The SMILES string of the molecule is COC(=O)CC[C@H](NC(=O)c1ccc(Br)cc1-c1ccccc1)C(=O)OC. The lowest BCUT2D eigenvalue weighted by Crippen LogP contribution is -2.42. The molecule has 0 bridgehead atoms. The van der Waals surface area contributed by atoms with Gasteiger partial charge in [-0.1, -0.05) is 46.3 Å². The molecule has 0 fully saturated rings. The zero-order valence-corrected chi connectivity index (χ0v) is 16.6. The lowest BCUT2D eigenvalue weighted by molar-refractivity contribution is -0.144. The maximum atomic E-state index is 12.8. The second kappa shape index (κ2) is 9.87. The van der Waals surface area contributed by atoms with Crippen molar-refractivity contribution in [2.75, 3.05) is 14.2 Å². The summed E-state index contributed by atoms with van der Waals surface area (Å²) in [5.74, 6) is -1.51. The summed E-state index contributed by atoms with van der Waals surface area (Å²) < 4.78 is 10.1. The number of halogens is 1. The van der Waals surface area contributed by atoms with Gasteiger partial charge in [-0.05, 0) is 35.7 Å². The number of nitrogens with one attached hydrogen (secondary N) is 1. The molecule has 0 saturated carbocycles. The van der Waals surface area contributed by atoms with Gasteiger partial charge in [-0.25, -0.2) is 4.79 Å². The lowest BCUT2D eigenvalue weighted by atomic mass is 9.99. The Hall–Kier alpha value is -2.67. The predicted octanol–water partition coefficient (Wildman–Crippen LogP) is 3.34. The van der Waals surface area contributed by atoms with Crippen molar-refractivity contribution in [3.63, 3.8) is 0 Å². The van der Waals surface area contributed by atoms with E-state index in [9.17, 15) is 14.4 Å². The molecule has 0 radical (unpaired) electrons. The van der Waals surface area contributed by atoms with E-state index >= 15 is 0 Å². The molecule has 1 N–H and O–H groups in total. The molecule has 1 atom stereocenters. The Bertz CT molecular complexity index is 822. The average molecular weight is 434 g/mol. The van der Waals surface area contributed by atoms with Gasteiger partial charge in [0, 0.05) is 16.5 Å². The van der Waals surface area contributed by atoms with Crippen LogP contribution in [0.1, 0.15) is 23.2 Å². The number of esters is 2. The number of carbonyl (C=O) groups is 3. The van der Waals surface area contributed by atoms with Gasteiger partial charge in [0.2, 0.25) is 0 Å². The molecule has 6 nitrogen and oxygen atoms in total. The Morgan fingerprint density at radius 1 is 1.04 bits per heavy atom. The van der Waals surface area contributed by atoms with E-state index in [2.05, 4.69) is 26.0 Å². The minimum absolute atomic E-state index is 0.0115. The summed E-state index contributed by atoms with van der Waals surface area (Å²) in [5, 5.41) is 2.66. The minimum Gasteiger partial charge on any atom is -0.469 e. The zero-order chi connectivity index (χ0) is 19.8. The number of rotatable bonds is 7. The first kappa shape index (κ1) is 20.6. The number of carbonyl (C=O) groups excluding carboxylic acids is 3. The molecule has 0 aliphatic rings. The normalized spacial score (nSPS) is 11.4. The fraction of sp³-hybridized carbons (Fsp3) is 0.250. The largest absolute Gasteiger partial charge is 0.469 e. The Labute approximate surface area is 166 Å². The molecule has 0 aliphatic carbocycles. The van der Waals surface area contributed by atoms with Crippen LogP contribution in [0, 0.1) is 0 Å². The second-order valence-corrected chi connectivity index (χ2v) is 6.64. The van der Waals surface area contributed by atoms with Crippen molar-refractivity contribution < 1.29 is 23.9 Å². The Morgan fingerprint density at radius 2 is 1.74 bits per heavy atom. The van der Waals surface area contributed by atoms with Gasteiger partial charge in [0.25, 0.3) is 5.91 Å². The third-order valence-corrected chi connectivity index (χ3v) is 4.46. The van der Waals surface area contributed by atoms with E-state index in [1.807, 2.05) is 36.4 Å².